The highest BCUT2D eigenvalue weighted by Gasteiger charge is 2.16. The lowest BCUT2D eigenvalue weighted by Gasteiger charge is -2.11. The molecular formula is C20H24N4O3. The number of unbranched alkanes of at least 4 members (excludes halogenated alkanes) is 1. The summed E-state index contributed by atoms with van der Waals surface area (Å²) in [5.74, 6) is 0.0338. The lowest BCUT2D eigenvalue weighted by atomic mass is 9.94. The average Bonchev–Trinajstić information content (AvgIpc) is 3.07. The zero-order chi connectivity index (χ0) is 19.6. The molecule has 27 heavy (non-hydrogen) atoms. The summed E-state index contributed by atoms with van der Waals surface area (Å²) in [6.45, 7) is 2.25. The first-order valence-corrected chi connectivity index (χ1v) is 9.12. The summed E-state index contributed by atoms with van der Waals surface area (Å²) >= 11 is 0. The van der Waals surface area contributed by atoms with Crippen LogP contribution in [0.25, 0.3) is 11.2 Å². The fraction of sp³-hybridized carbons (Fsp3) is 0.400. The second-order valence-corrected chi connectivity index (χ2v) is 6.95. The third kappa shape index (κ3) is 3.63. The largest absolute Gasteiger partial charge is 0.332 e. The zero-order valence-electron chi connectivity index (χ0n) is 15.9. The van der Waals surface area contributed by atoms with Crippen LogP contribution in [0.5, 0.6) is 0 Å². The highest BCUT2D eigenvalue weighted by molar-refractivity contribution is 5.97. The van der Waals surface area contributed by atoms with E-state index in [1.165, 1.54) is 15.5 Å². The number of carbonyl (C=O) groups excluding carboxylic acids is 1. The summed E-state index contributed by atoms with van der Waals surface area (Å²) in [4.78, 5) is 41.6. The SMILES string of the molecule is CC(CCCCn1c(=O)c2c(ncn2C)n(C)c1=O)C(=O)c1ccccc1. The van der Waals surface area contributed by atoms with E-state index in [4.69, 9.17) is 0 Å². The molecule has 1 aromatic carbocycles. The van der Waals surface area contributed by atoms with E-state index < -0.39 is 0 Å². The van der Waals surface area contributed by atoms with Gasteiger partial charge in [0.15, 0.2) is 16.9 Å². The van der Waals surface area contributed by atoms with Gasteiger partial charge < -0.3 is 4.57 Å². The normalized spacial score (nSPS) is 12.4. The van der Waals surface area contributed by atoms with Crippen molar-refractivity contribution in [3.63, 3.8) is 0 Å². The molecule has 0 aliphatic heterocycles. The Bertz CT molecular complexity index is 1080. The Hall–Kier alpha value is -2.96. The molecular weight excluding hydrogens is 344 g/mol. The standard InChI is InChI=1S/C20H24N4O3/c1-14(17(25)15-10-5-4-6-11-15)9-7-8-12-24-19(26)16-18(21-13-22(16)2)23(3)20(24)27/h4-6,10-11,13-14H,7-9,12H2,1-3H3. The van der Waals surface area contributed by atoms with Crippen LogP contribution in [0.2, 0.25) is 0 Å². The van der Waals surface area contributed by atoms with Crippen molar-refractivity contribution in [2.75, 3.05) is 0 Å². The van der Waals surface area contributed by atoms with Crippen LogP contribution in [0.4, 0.5) is 0 Å². The number of Topliss-reactive ketones (excluding diaryl/α,β-unsaturated/α-hetero) is 1. The van der Waals surface area contributed by atoms with Gasteiger partial charge in [-0.3, -0.25) is 18.7 Å². The van der Waals surface area contributed by atoms with E-state index in [9.17, 15) is 14.4 Å². The van der Waals surface area contributed by atoms with E-state index in [1.807, 2.05) is 37.3 Å². The second kappa shape index (κ2) is 7.73. The first-order chi connectivity index (χ1) is 12.9. The maximum absolute atomic E-state index is 12.6. The van der Waals surface area contributed by atoms with Crippen LogP contribution in [0.3, 0.4) is 0 Å². The van der Waals surface area contributed by atoms with Crippen molar-refractivity contribution < 1.29 is 4.79 Å². The minimum absolute atomic E-state index is 0.0912. The van der Waals surface area contributed by atoms with Gasteiger partial charge in [-0.1, -0.05) is 43.7 Å². The van der Waals surface area contributed by atoms with Gasteiger partial charge in [-0.05, 0) is 12.8 Å². The molecule has 2 heterocycles. The summed E-state index contributed by atoms with van der Waals surface area (Å²) in [6.07, 6.45) is 3.67. The van der Waals surface area contributed by atoms with Crippen molar-refractivity contribution >= 4 is 16.9 Å². The number of imidazole rings is 1. The first-order valence-electron chi connectivity index (χ1n) is 9.12. The molecule has 7 heteroatoms. The van der Waals surface area contributed by atoms with E-state index in [2.05, 4.69) is 4.98 Å². The Balaban J connectivity index is 1.66. The van der Waals surface area contributed by atoms with Crippen LogP contribution < -0.4 is 11.2 Å². The number of nitrogens with zero attached hydrogens (tertiary/aromatic N) is 4. The lowest BCUT2D eigenvalue weighted by molar-refractivity contribution is 0.0922. The second-order valence-electron chi connectivity index (χ2n) is 6.95. The van der Waals surface area contributed by atoms with Gasteiger partial charge in [-0.25, -0.2) is 9.78 Å². The summed E-state index contributed by atoms with van der Waals surface area (Å²) in [6, 6.07) is 9.25. The molecule has 1 atom stereocenters. The number of benzene rings is 1. The van der Waals surface area contributed by atoms with E-state index in [1.54, 1.807) is 18.7 Å². The molecule has 0 bridgehead atoms. The lowest BCUT2D eigenvalue weighted by Crippen LogP contribution is -2.39. The number of fused-ring (bicyclic) bond motifs is 1. The topological polar surface area (TPSA) is 78.9 Å². The fourth-order valence-electron chi connectivity index (χ4n) is 3.33. The molecule has 0 aliphatic rings. The number of carbonyl (C=O) groups is 1. The van der Waals surface area contributed by atoms with Gasteiger partial charge in [-0.15, -0.1) is 0 Å². The molecule has 1 unspecified atom stereocenters. The third-order valence-electron chi connectivity index (χ3n) is 4.98. The van der Waals surface area contributed by atoms with Crippen LogP contribution >= 0.6 is 0 Å². The maximum atomic E-state index is 12.6. The maximum Gasteiger partial charge on any atom is 0.332 e. The van der Waals surface area contributed by atoms with Gasteiger partial charge in [0.1, 0.15) is 0 Å². The molecule has 3 rings (SSSR count). The van der Waals surface area contributed by atoms with Gasteiger partial charge in [0.25, 0.3) is 5.56 Å². The molecule has 142 valence electrons. The molecule has 7 nitrogen and oxygen atoms in total. The smallest absolute Gasteiger partial charge is 0.328 e. The van der Waals surface area contributed by atoms with Crippen molar-refractivity contribution in [1.82, 2.24) is 18.7 Å². The fourth-order valence-corrected chi connectivity index (χ4v) is 3.33. The Morgan fingerprint density at radius 3 is 2.52 bits per heavy atom. The Morgan fingerprint density at radius 2 is 1.81 bits per heavy atom. The minimum Gasteiger partial charge on any atom is -0.328 e. The molecule has 0 fully saturated rings. The number of hydrogen-bond acceptors (Lipinski definition) is 4. The van der Waals surface area contributed by atoms with Crippen molar-refractivity contribution in [3.05, 3.63) is 63.1 Å². The third-order valence-corrected chi connectivity index (χ3v) is 4.98. The summed E-state index contributed by atoms with van der Waals surface area (Å²) in [7, 11) is 3.36. The Labute approximate surface area is 156 Å². The van der Waals surface area contributed by atoms with Gasteiger partial charge in [-0.2, -0.15) is 0 Å². The number of hydrogen-bond donors (Lipinski definition) is 0. The summed E-state index contributed by atoms with van der Waals surface area (Å²) < 4.78 is 4.29. The highest BCUT2D eigenvalue weighted by Crippen LogP contribution is 2.15. The van der Waals surface area contributed by atoms with Crippen LogP contribution in [0, 0.1) is 5.92 Å². The predicted molar refractivity (Wildman–Crippen MR) is 104 cm³/mol. The summed E-state index contributed by atoms with van der Waals surface area (Å²) in [5, 5.41) is 0. The van der Waals surface area contributed by atoms with Crippen LogP contribution in [0.1, 0.15) is 36.5 Å². The average molecular weight is 368 g/mol. The molecule has 0 amide bonds. The Kier molecular flexibility index (Phi) is 5.39. The van der Waals surface area contributed by atoms with E-state index in [0.717, 1.165) is 18.4 Å². The molecule has 0 spiro atoms. The molecule has 0 saturated heterocycles. The van der Waals surface area contributed by atoms with Crippen LogP contribution in [0.15, 0.2) is 46.2 Å². The molecule has 3 aromatic rings. The van der Waals surface area contributed by atoms with Crippen molar-refractivity contribution in [2.45, 2.75) is 32.7 Å². The van der Waals surface area contributed by atoms with Crippen molar-refractivity contribution in [2.24, 2.45) is 20.0 Å². The first kappa shape index (κ1) is 18.8. The van der Waals surface area contributed by atoms with Gasteiger partial charge >= 0.3 is 5.69 Å². The van der Waals surface area contributed by atoms with E-state index in [0.29, 0.717) is 24.1 Å². The summed E-state index contributed by atoms with van der Waals surface area (Å²) in [5.41, 5.74) is 0.855. The molecule has 0 radical (unpaired) electrons. The molecule has 2 aromatic heterocycles. The van der Waals surface area contributed by atoms with Crippen molar-refractivity contribution in [3.8, 4) is 0 Å². The molecule has 0 aliphatic carbocycles. The number of aryl methyl sites for hydroxylation is 2. The van der Waals surface area contributed by atoms with Crippen LogP contribution in [-0.4, -0.2) is 24.5 Å². The van der Waals surface area contributed by atoms with E-state index in [-0.39, 0.29) is 23.0 Å². The Morgan fingerprint density at radius 1 is 1.11 bits per heavy atom. The minimum atomic E-state index is -0.361. The monoisotopic (exact) mass is 368 g/mol. The van der Waals surface area contributed by atoms with Crippen LogP contribution in [-0.2, 0) is 20.6 Å². The highest BCUT2D eigenvalue weighted by atomic mass is 16.2. The predicted octanol–water partition coefficient (Wildman–Crippen LogP) is 2.12. The van der Waals surface area contributed by atoms with E-state index >= 15 is 0 Å². The molecule has 0 saturated carbocycles. The van der Waals surface area contributed by atoms with Gasteiger partial charge in [0, 0.05) is 32.1 Å². The number of rotatable bonds is 7. The van der Waals surface area contributed by atoms with Gasteiger partial charge in [0.2, 0.25) is 0 Å². The quantitative estimate of drug-likeness (QED) is 0.473. The molecule has 0 N–H and O–H groups in total. The van der Waals surface area contributed by atoms with Crippen molar-refractivity contribution in [1.29, 1.82) is 0 Å². The zero-order valence-corrected chi connectivity index (χ0v) is 15.9. The number of aromatic nitrogens is 4. The van der Waals surface area contributed by atoms with Gasteiger partial charge in [0.05, 0.1) is 6.33 Å². The number of ketones is 1.